The Morgan fingerprint density at radius 3 is 2.67 bits per heavy atom. The van der Waals surface area contributed by atoms with Crippen molar-refractivity contribution in [2.24, 2.45) is 0 Å². The quantitative estimate of drug-likeness (QED) is 0.709. The molecule has 0 aliphatic carbocycles. The molecule has 0 unspecified atom stereocenters. The van der Waals surface area contributed by atoms with Gasteiger partial charge in [0.15, 0.2) is 0 Å². The average molecular weight is 412 g/mol. The number of aromatic nitrogens is 3. The molecule has 8 heteroatoms. The number of amides is 1. The van der Waals surface area contributed by atoms with Crippen LogP contribution in [0.1, 0.15) is 52.1 Å². The molecule has 8 nitrogen and oxygen atoms in total. The van der Waals surface area contributed by atoms with Crippen molar-refractivity contribution in [3.63, 3.8) is 0 Å². The number of benzene rings is 1. The summed E-state index contributed by atoms with van der Waals surface area (Å²) in [4.78, 5) is 29.5. The number of ether oxygens (including phenoxy) is 2. The SMILES string of the molecule is CCOc1cccc2nn3c(C4CCN(C(=O)OC(C)(C)C)CC4)cc(=O)[nH]c3c12. The molecule has 1 amide bonds. The summed E-state index contributed by atoms with van der Waals surface area (Å²) < 4.78 is 13.1. The van der Waals surface area contributed by atoms with Crippen LogP contribution in [-0.4, -0.2) is 50.9 Å². The monoisotopic (exact) mass is 412 g/mol. The van der Waals surface area contributed by atoms with Gasteiger partial charge >= 0.3 is 6.09 Å². The number of carbonyl (C=O) groups excluding carboxylic acids is 1. The van der Waals surface area contributed by atoms with E-state index in [2.05, 4.69) is 4.98 Å². The molecular formula is C22H28N4O4. The number of aromatic amines is 1. The molecule has 160 valence electrons. The second kappa shape index (κ2) is 7.66. The van der Waals surface area contributed by atoms with E-state index in [4.69, 9.17) is 14.6 Å². The van der Waals surface area contributed by atoms with Crippen molar-refractivity contribution in [3.8, 4) is 5.75 Å². The Morgan fingerprint density at radius 1 is 1.27 bits per heavy atom. The number of fused-ring (bicyclic) bond motifs is 3. The summed E-state index contributed by atoms with van der Waals surface area (Å²) in [6, 6.07) is 7.32. The molecule has 0 atom stereocenters. The van der Waals surface area contributed by atoms with E-state index in [9.17, 15) is 9.59 Å². The van der Waals surface area contributed by atoms with Crippen LogP contribution in [0, 0.1) is 0 Å². The molecule has 3 heterocycles. The fraction of sp³-hybridized carbons (Fsp3) is 0.500. The maximum Gasteiger partial charge on any atom is 0.410 e. The van der Waals surface area contributed by atoms with E-state index >= 15 is 0 Å². The molecule has 1 saturated heterocycles. The van der Waals surface area contributed by atoms with Crippen LogP contribution >= 0.6 is 0 Å². The van der Waals surface area contributed by atoms with Crippen molar-refractivity contribution in [1.82, 2.24) is 19.5 Å². The van der Waals surface area contributed by atoms with Crippen LogP contribution in [-0.2, 0) is 4.74 Å². The van der Waals surface area contributed by atoms with Gasteiger partial charge in [0.05, 0.1) is 23.2 Å². The maximum absolute atomic E-state index is 12.5. The zero-order valence-corrected chi connectivity index (χ0v) is 17.9. The van der Waals surface area contributed by atoms with E-state index < -0.39 is 5.60 Å². The van der Waals surface area contributed by atoms with Gasteiger partial charge in [0.2, 0.25) is 0 Å². The zero-order chi connectivity index (χ0) is 21.5. The number of carbonyl (C=O) groups is 1. The smallest absolute Gasteiger partial charge is 0.410 e. The lowest BCUT2D eigenvalue weighted by molar-refractivity contribution is 0.0203. The van der Waals surface area contributed by atoms with Crippen LogP contribution in [0.4, 0.5) is 4.79 Å². The van der Waals surface area contributed by atoms with Crippen LogP contribution in [0.15, 0.2) is 29.1 Å². The van der Waals surface area contributed by atoms with Crippen molar-refractivity contribution >= 4 is 22.6 Å². The Labute approximate surface area is 174 Å². The first-order valence-electron chi connectivity index (χ1n) is 10.4. The third-order valence-electron chi connectivity index (χ3n) is 5.29. The lowest BCUT2D eigenvalue weighted by Gasteiger charge is -2.33. The Balaban J connectivity index is 1.66. The molecular weight excluding hydrogens is 384 g/mol. The maximum atomic E-state index is 12.5. The number of likely N-dealkylation sites (tertiary alicyclic amines) is 1. The second-order valence-corrected chi connectivity index (χ2v) is 8.64. The molecule has 1 aliphatic rings. The second-order valence-electron chi connectivity index (χ2n) is 8.64. The Hall–Kier alpha value is -3.03. The molecule has 0 spiro atoms. The van der Waals surface area contributed by atoms with E-state index in [1.54, 1.807) is 11.0 Å². The summed E-state index contributed by atoms with van der Waals surface area (Å²) >= 11 is 0. The molecule has 1 aliphatic heterocycles. The van der Waals surface area contributed by atoms with Gasteiger partial charge < -0.3 is 19.4 Å². The Kier molecular flexibility index (Phi) is 5.17. The Morgan fingerprint density at radius 2 is 2.00 bits per heavy atom. The van der Waals surface area contributed by atoms with Crippen LogP contribution in [0.3, 0.4) is 0 Å². The highest BCUT2D eigenvalue weighted by atomic mass is 16.6. The number of nitrogens with zero attached hydrogens (tertiary/aromatic N) is 3. The van der Waals surface area contributed by atoms with E-state index in [1.807, 2.05) is 50.4 Å². The van der Waals surface area contributed by atoms with Gasteiger partial charge in [0.25, 0.3) is 5.56 Å². The summed E-state index contributed by atoms with van der Waals surface area (Å²) in [7, 11) is 0. The topological polar surface area (TPSA) is 88.9 Å². The normalized spacial score (nSPS) is 15.7. The predicted octanol–water partition coefficient (Wildman–Crippen LogP) is 3.69. The average Bonchev–Trinajstić information content (AvgIpc) is 3.06. The van der Waals surface area contributed by atoms with Gasteiger partial charge in [-0.1, -0.05) is 6.07 Å². The van der Waals surface area contributed by atoms with Gasteiger partial charge in [-0.3, -0.25) is 4.79 Å². The van der Waals surface area contributed by atoms with E-state index in [1.165, 1.54) is 0 Å². The minimum absolute atomic E-state index is 0.123. The first-order chi connectivity index (χ1) is 14.3. The van der Waals surface area contributed by atoms with Crippen molar-refractivity contribution in [2.75, 3.05) is 19.7 Å². The van der Waals surface area contributed by atoms with Gasteiger partial charge in [-0.25, -0.2) is 9.31 Å². The van der Waals surface area contributed by atoms with Crippen LogP contribution in [0.2, 0.25) is 0 Å². The molecule has 1 aromatic carbocycles. The van der Waals surface area contributed by atoms with Crippen molar-refractivity contribution in [1.29, 1.82) is 0 Å². The van der Waals surface area contributed by atoms with E-state index in [0.717, 1.165) is 29.4 Å². The standard InChI is InChI=1S/C22H28N4O4/c1-5-29-17-8-6-7-15-19(17)20-23-18(27)13-16(26(20)24-15)14-9-11-25(12-10-14)21(28)30-22(2,3)4/h6-8,13-14H,5,9-12H2,1-4H3,(H,23,27). The van der Waals surface area contributed by atoms with Crippen LogP contribution in [0.25, 0.3) is 16.6 Å². The number of nitrogens with one attached hydrogen (secondary N) is 1. The molecule has 3 aromatic rings. The van der Waals surface area contributed by atoms with Gasteiger partial charge in [-0.2, -0.15) is 5.10 Å². The Bertz CT molecular complexity index is 1130. The molecule has 2 aromatic heterocycles. The van der Waals surface area contributed by atoms with Gasteiger partial charge in [0.1, 0.15) is 17.0 Å². The van der Waals surface area contributed by atoms with Gasteiger partial charge in [-0.05, 0) is 52.7 Å². The van der Waals surface area contributed by atoms with E-state index in [0.29, 0.717) is 31.1 Å². The molecule has 1 N–H and O–H groups in total. The lowest BCUT2D eigenvalue weighted by atomic mass is 9.93. The number of H-pyrrole nitrogens is 1. The summed E-state index contributed by atoms with van der Waals surface area (Å²) in [5.41, 5.74) is 1.60. The highest BCUT2D eigenvalue weighted by Crippen LogP contribution is 2.32. The van der Waals surface area contributed by atoms with Crippen molar-refractivity contribution in [3.05, 3.63) is 40.3 Å². The molecule has 0 saturated carbocycles. The van der Waals surface area contributed by atoms with Gasteiger partial charge in [0, 0.05) is 25.1 Å². The third-order valence-corrected chi connectivity index (χ3v) is 5.29. The van der Waals surface area contributed by atoms with Crippen molar-refractivity contribution in [2.45, 2.75) is 52.1 Å². The summed E-state index contributed by atoms with van der Waals surface area (Å²) in [6.45, 7) is 9.22. The predicted molar refractivity (Wildman–Crippen MR) is 114 cm³/mol. The number of hydrogen-bond donors (Lipinski definition) is 1. The van der Waals surface area contributed by atoms with Crippen LogP contribution in [0.5, 0.6) is 5.75 Å². The number of hydrogen-bond acceptors (Lipinski definition) is 5. The summed E-state index contributed by atoms with van der Waals surface area (Å²) in [6.07, 6.45) is 1.20. The van der Waals surface area contributed by atoms with E-state index in [-0.39, 0.29) is 17.6 Å². The minimum Gasteiger partial charge on any atom is -0.493 e. The fourth-order valence-corrected chi connectivity index (χ4v) is 4.01. The lowest BCUT2D eigenvalue weighted by Crippen LogP contribution is -2.41. The first-order valence-corrected chi connectivity index (χ1v) is 10.4. The largest absolute Gasteiger partial charge is 0.493 e. The molecule has 4 rings (SSSR count). The third kappa shape index (κ3) is 3.86. The molecule has 30 heavy (non-hydrogen) atoms. The van der Waals surface area contributed by atoms with Crippen molar-refractivity contribution < 1.29 is 14.3 Å². The molecule has 0 radical (unpaired) electrons. The zero-order valence-electron chi connectivity index (χ0n) is 17.9. The highest BCUT2D eigenvalue weighted by molar-refractivity contribution is 5.97. The number of piperidine rings is 1. The molecule has 1 fully saturated rings. The highest BCUT2D eigenvalue weighted by Gasteiger charge is 2.29. The molecule has 0 bridgehead atoms. The first kappa shape index (κ1) is 20.3. The number of rotatable bonds is 3. The van der Waals surface area contributed by atoms with Crippen LogP contribution < -0.4 is 10.3 Å². The summed E-state index contributed by atoms with van der Waals surface area (Å²) in [5, 5.41) is 5.55. The van der Waals surface area contributed by atoms with Gasteiger partial charge in [-0.15, -0.1) is 0 Å². The summed E-state index contributed by atoms with van der Waals surface area (Å²) in [5.74, 6) is 0.830. The fourth-order valence-electron chi connectivity index (χ4n) is 4.01. The minimum atomic E-state index is -0.514.